The number of hydrogen-bond acceptors (Lipinski definition) is 3. The monoisotopic (exact) mass is 376 g/mol. The normalized spacial score (nSPS) is 25.6. The molecule has 0 spiro atoms. The Labute approximate surface area is 161 Å². The second kappa shape index (κ2) is 6.24. The number of amides is 2. The van der Waals surface area contributed by atoms with Crippen LogP contribution in [0.1, 0.15) is 66.5 Å². The van der Waals surface area contributed by atoms with E-state index in [0.717, 1.165) is 18.5 Å². The number of rotatable bonds is 2. The third-order valence-corrected chi connectivity index (χ3v) is 5.93. The molecule has 2 N–H and O–H groups in total. The Balaban J connectivity index is 1.83. The number of hydrogen-bond donors (Lipinski definition) is 2. The number of aliphatic carboxylic acids is 1. The van der Waals surface area contributed by atoms with Gasteiger partial charge in [0.1, 0.15) is 5.82 Å². The van der Waals surface area contributed by atoms with Gasteiger partial charge >= 0.3 is 12.0 Å². The Kier molecular flexibility index (Phi) is 4.56. The summed E-state index contributed by atoms with van der Waals surface area (Å²) in [6, 6.07) is 1.68. The van der Waals surface area contributed by atoms with Crippen LogP contribution in [0.15, 0.2) is 6.07 Å². The number of nitrogens with one attached hydrogen (secondary N) is 1. The third-order valence-electron chi connectivity index (χ3n) is 5.93. The lowest BCUT2D eigenvalue weighted by Crippen LogP contribution is -2.39. The van der Waals surface area contributed by atoms with Gasteiger partial charge in [0.15, 0.2) is 0 Å². The zero-order valence-electron chi connectivity index (χ0n) is 17.3. The highest BCUT2D eigenvalue weighted by Gasteiger charge is 2.55. The van der Waals surface area contributed by atoms with Crippen molar-refractivity contribution in [2.75, 3.05) is 18.4 Å². The molecule has 2 aliphatic rings. The van der Waals surface area contributed by atoms with Crippen molar-refractivity contribution in [2.45, 2.75) is 71.8 Å². The highest BCUT2D eigenvalue weighted by atomic mass is 16.4. The summed E-state index contributed by atoms with van der Waals surface area (Å²) in [6.07, 6.45) is 2.47. The minimum Gasteiger partial charge on any atom is -0.481 e. The van der Waals surface area contributed by atoms with Crippen LogP contribution in [-0.4, -0.2) is 44.9 Å². The Morgan fingerprint density at radius 3 is 2.44 bits per heavy atom. The summed E-state index contributed by atoms with van der Waals surface area (Å²) >= 11 is 0. The highest BCUT2D eigenvalue weighted by molar-refractivity contribution is 5.90. The zero-order chi connectivity index (χ0) is 20.2. The van der Waals surface area contributed by atoms with Crippen LogP contribution in [-0.2, 0) is 15.7 Å². The van der Waals surface area contributed by atoms with Crippen LogP contribution in [0, 0.1) is 11.3 Å². The summed E-state index contributed by atoms with van der Waals surface area (Å²) < 4.78 is 1.84. The molecule has 2 atom stereocenters. The molecule has 7 heteroatoms. The van der Waals surface area contributed by atoms with Crippen molar-refractivity contribution < 1.29 is 14.7 Å². The molecule has 2 fully saturated rings. The zero-order valence-corrected chi connectivity index (χ0v) is 17.3. The van der Waals surface area contributed by atoms with Crippen LogP contribution in [0.2, 0.25) is 0 Å². The summed E-state index contributed by atoms with van der Waals surface area (Å²) in [4.78, 5) is 26.4. The minimum atomic E-state index is -0.768. The van der Waals surface area contributed by atoms with Gasteiger partial charge in [-0.2, -0.15) is 5.10 Å². The molecule has 27 heavy (non-hydrogen) atoms. The van der Waals surface area contributed by atoms with Gasteiger partial charge in [-0.1, -0.05) is 27.2 Å². The van der Waals surface area contributed by atoms with Crippen molar-refractivity contribution in [3.05, 3.63) is 11.8 Å². The number of carbonyl (C=O) groups excluding carboxylic acids is 1. The second-order valence-corrected chi connectivity index (χ2v) is 10.1. The van der Waals surface area contributed by atoms with E-state index in [1.807, 2.05) is 31.5 Å². The molecule has 2 amide bonds. The number of nitrogens with zero attached hydrogens (tertiary/aromatic N) is 3. The van der Waals surface area contributed by atoms with Gasteiger partial charge in [-0.15, -0.1) is 0 Å². The Hall–Kier alpha value is -2.05. The predicted octanol–water partition coefficient (Wildman–Crippen LogP) is 3.65. The fourth-order valence-corrected chi connectivity index (χ4v) is 4.33. The first-order valence-electron chi connectivity index (χ1n) is 9.75. The molecular weight excluding hydrogens is 344 g/mol. The maximum absolute atomic E-state index is 12.9. The molecule has 1 saturated heterocycles. The van der Waals surface area contributed by atoms with Gasteiger partial charge < -0.3 is 10.0 Å². The number of carboxylic acid groups (broad SMARTS) is 1. The van der Waals surface area contributed by atoms with E-state index in [9.17, 15) is 14.7 Å². The summed E-state index contributed by atoms with van der Waals surface area (Å²) in [5.41, 5.74) is -0.268. The van der Waals surface area contributed by atoms with Gasteiger partial charge in [0.2, 0.25) is 0 Å². The van der Waals surface area contributed by atoms with E-state index in [4.69, 9.17) is 5.10 Å². The van der Waals surface area contributed by atoms with Gasteiger partial charge in [-0.3, -0.25) is 10.1 Å². The van der Waals surface area contributed by atoms with Crippen molar-refractivity contribution in [3.63, 3.8) is 0 Å². The average Bonchev–Trinajstić information content (AvgIpc) is 3.16. The van der Waals surface area contributed by atoms with Crippen LogP contribution >= 0.6 is 0 Å². The number of anilines is 1. The molecular formula is C20H32N4O3. The van der Waals surface area contributed by atoms with Crippen molar-refractivity contribution in [2.24, 2.45) is 11.3 Å². The van der Waals surface area contributed by atoms with E-state index in [1.54, 1.807) is 4.90 Å². The topological polar surface area (TPSA) is 87.5 Å². The number of urea groups is 1. The molecule has 1 aromatic rings. The molecule has 0 unspecified atom stereocenters. The molecule has 150 valence electrons. The largest absolute Gasteiger partial charge is 0.481 e. The van der Waals surface area contributed by atoms with Crippen LogP contribution in [0.3, 0.4) is 0 Å². The molecule has 1 aliphatic heterocycles. The van der Waals surface area contributed by atoms with E-state index in [-0.39, 0.29) is 29.4 Å². The first-order chi connectivity index (χ1) is 12.3. The average molecular weight is 377 g/mol. The first kappa shape index (κ1) is 19.7. The number of carbonyl (C=O) groups is 2. The molecule has 0 radical (unpaired) electrons. The van der Waals surface area contributed by atoms with Gasteiger partial charge in [0.25, 0.3) is 0 Å². The highest BCUT2D eigenvalue weighted by Crippen LogP contribution is 2.49. The second-order valence-electron chi connectivity index (χ2n) is 10.1. The lowest BCUT2D eigenvalue weighted by Gasteiger charge is -2.25. The smallest absolute Gasteiger partial charge is 0.323 e. The molecule has 1 saturated carbocycles. The predicted molar refractivity (Wildman–Crippen MR) is 104 cm³/mol. The van der Waals surface area contributed by atoms with Crippen LogP contribution < -0.4 is 5.32 Å². The fourth-order valence-electron chi connectivity index (χ4n) is 4.33. The number of aromatic nitrogens is 2. The minimum absolute atomic E-state index is 0.0541. The van der Waals surface area contributed by atoms with E-state index < -0.39 is 11.4 Å². The van der Waals surface area contributed by atoms with Crippen LogP contribution in [0.4, 0.5) is 10.6 Å². The SMILES string of the molecule is CC(C)(C)c1cc(NC(=O)N2C[C@@H]3CCC[C@@]3(C(=O)O)C2)n(C(C)(C)C)n1. The Morgan fingerprint density at radius 2 is 1.93 bits per heavy atom. The van der Waals surface area contributed by atoms with Gasteiger partial charge in [-0.05, 0) is 39.5 Å². The lowest BCUT2D eigenvalue weighted by molar-refractivity contribution is -0.149. The van der Waals surface area contributed by atoms with E-state index >= 15 is 0 Å². The third kappa shape index (κ3) is 3.44. The number of likely N-dealkylation sites (tertiary alicyclic amines) is 1. The fraction of sp³-hybridized carbons (Fsp3) is 0.750. The Bertz CT molecular complexity index is 756. The molecule has 0 aromatic carbocycles. The summed E-state index contributed by atoms with van der Waals surface area (Å²) in [5.74, 6) is -0.0627. The van der Waals surface area contributed by atoms with Crippen LogP contribution in [0.5, 0.6) is 0 Å². The maximum Gasteiger partial charge on any atom is 0.323 e. The molecule has 3 rings (SSSR count). The molecule has 0 bridgehead atoms. The van der Waals surface area contributed by atoms with Gasteiger partial charge in [-0.25, -0.2) is 9.48 Å². The quantitative estimate of drug-likeness (QED) is 0.825. The van der Waals surface area contributed by atoms with E-state index in [2.05, 4.69) is 26.1 Å². The summed E-state index contributed by atoms with van der Waals surface area (Å²) in [7, 11) is 0. The molecule has 2 heterocycles. The summed E-state index contributed by atoms with van der Waals surface area (Å²) in [6.45, 7) is 13.2. The standard InChI is InChI=1S/C20H32N4O3/c1-18(2,3)14-10-15(24(22-14)19(4,5)6)21-17(27)23-11-13-8-7-9-20(13,12-23)16(25)26/h10,13H,7-9,11-12H2,1-6H3,(H,21,27)(H,25,26)/t13-,20+/m0/s1. The Morgan fingerprint density at radius 1 is 1.26 bits per heavy atom. The van der Waals surface area contributed by atoms with Crippen molar-refractivity contribution in [1.82, 2.24) is 14.7 Å². The van der Waals surface area contributed by atoms with Gasteiger partial charge in [0.05, 0.1) is 16.6 Å². The lowest BCUT2D eigenvalue weighted by atomic mass is 9.81. The summed E-state index contributed by atoms with van der Waals surface area (Å²) in [5, 5.41) is 17.4. The van der Waals surface area contributed by atoms with Crippen molar-refractivity contribution in [1.29, 1.82) is 0 Å². The molecule has 1 aromatic heterocycles. The number of carboxylic acids is 1. The van der Waals surface area contributed by atoms with Crippen molar-refractivity contribution >= 4 is 17.8 Å². The van der Waals surface area contributed by atoms with Crippen molar-refractivity contribution in [3.8, 4) is 0 Å². The maximum atomic E-state index is 12.9. The molecule has 1 aliphatic carbocycles. The van der Waals surface area contributed by atoms with E-state index in [1.165, 1.54) is 0 Å². The van der Waals surface area contributed by atoms with E-state index in [0.29, 0.717) is 18.8 Å². The first-order valence-corrected chi connectivity index (χ1v) is 9.75. The number of fused-ring (bicyclic) bond motifs is 1. The molecule has 7 nitrogen and oxygen atoms in total. The van der Waals surface area contributed by atoms with Crippen LogP contribution in [0.25, 0.3) is 0 Å². The van der Waals surface area contributed by atoms with Gasteiger partial charge in [0, 0.05) is 24.6 Å².